The fourth-order valence-electron chi connectivity index (χ4n) is 2.51. The molecule has 0 amide bonds. The summed E-state index contributed by atoms with van der Waals surface area (Å²) in [6.07, 6.45) is 5.14. The summed E-state index contributed by atoms with van der Waals surface area (Å²) in [6, 6.07) is 9.74. The molecule has 0 spiro atoms. The molecule has 0 radical (unpaired) electrons. The molecule has 0 aliphatic rings. The fourth-order valence-corrected chi connectivity index (χ4v) is 3.41. The number of anilines is 2. The van der Waals surface area contributed by atoms with Gasteiger partial charge in [-0.2, -0.15) is 0 Å². The van der Waals surface area contributed by atoms with Crippen LogP contribution in [0.3, 0.4) is 0 Å². The monoisotopic (exact) mass is 365 g/mol. The number of nitrogens with zero attached hydrogens (tertiary/aromatic N) is 4. The number of rotatable bonds is 5. The minimum Gasteiger partial charge on any atom is -0.491 e. The first-order valence-corrected chi connectivity index (χ1v) is 8.61. The number of ether oxygens (including phenoxy) is 2. The van der Waals surface area contributed by atoms with Crippen LogP contribution < -0.4 is 14.8 Å². The third kappa shape index (κ3) is 3.14. The van der Waals surface area contributed by atoms with E-state index in [0.717, 1.165) is 26.5 Å². The number of hydrogen-bond donors (Lipinski definition) is 1. The summed E-state index contributed by atoms with van der Waals surface area (Å²) in [5, 5.41) is 3.87. The summed E-state index contributed by atoms with van der Waals surface area (Å²) in [5.41, 5.74) is 2.88. The average Bonchev–Trinajstić information content (AvgIpc) is 3.09. The molecule has 4 rings (SSSR count). The molecule has 0 aliphatic carbocycles. The van der Waals surface area contributed by atoms with Gasteiger partial charge < -0.3 is 14.8 Å². The predicted molar refractivity (Wildman–Crippen MR) is 101 cm³/mol. The van der Waals surface area contributed by atoms with Crippen molar-refractivity contribution in [1.29, 1.82) is 0 Å². The van der Waals surface area contributed by atoms with Gasteiger partial charge in [-0.15, -0.1) is 0 Å². The lowest BCUT2D eigenvalue weighted by atomic mass is 10.1. The van der Waals surface area contributed by atoms with Gasteiger partial charge in [0.15, 0.2) is 10.9 Å². The Labute approximate surface area is 153 Å². The molecule has 130 valence electrons. The van der Waals surface area contributed by atoms with Crippen LogP contribution in [0.4, 0.5) is 11.1 Å². The molecule has 3 heterocycles. The van der Waals surface area contributed by atoms with Crippen LogP contribution >= 0.6 is 11.3 Å². The first-order valence-electron chi connectivity index (χ1n) is 7.80. The molecule has 7 nitrogen and oxygen atoms in total. The molecule has 0 bridgehead atoms. The summed E-state index contributed by atoms with van der Waals surface area (Å²) < 4.78 is 11.6. The van der Waals surface area contributed by atoms with Gasteiger partial charge in [0.25, 0.3) is 5.88 Å². The van der Waals surface area contributed by atoms with Crippen LogP contribution in [0.15, 0.2) is 48.9 Å². The molecule has 8 heteroatoms. The molecule has 0 saturated heterocycles. The normalized spacial score (nSPS) is 10.7. The van der Waals surface area contributed by atoms with Crippen LogP contribution in [0, 0.1) is 0 Å². The van der Waals surface area contributed by atoms with Crippen LogP contribution in [-0.2, 0) is 0 Å². The summed E-state index contributed by atoms with van der Waals surface area (Å²) in [5.74, 6) is 1.58. The molecule has 4 aromatic rings. The minimum atomic E-state index is 0.462. The molecular formula is C18H15N5O2S. The third-order valence-electron chi connectivity index (χ3n) is 3.74. The van der Waals surface area contributed by atoms with Crippen molar-refractivity contribution in [2.24, 2.45) is 0 Å². The van der Waals surface area contributed by atoms with Crippen LogP contribution in [0.1, 0.15) is 0 Å². The summed E-state index contributed by atoms with van der Waals surface area (Å²) in [7, 11) is 3.16. The Hall–Kier alpha value is -3.26. The molecule has 0 fully saturated rings. The van der Waals surface area contributed by atoms with E-state index in [4.69, 9.17) is 9.47 Å². The van der Waals surface area contributed by atoms with Crippen molar-refractivity contribution >= 4 is 32.6 Å². The number of nitrogens with one attached hydrogen (secondary N) is 1. The van der Waals surface area contributed by atoms with Gasteiger partial charge in [0.05, 0.1) is 24.4 Å². The Morgan fingerprint density at radius 3 is 2.58 bits per heavy atom. The topological polar surface area (TPSA) is 82.0 Å². The Bertz CT molecular complexity index is 1050. The quantitative estimate of drug-likeness (QED) is 0.574. The zero-order valence-electron chi connectivity index (χ0n) is 14.1. The van der Waals surface area contributed by atoms with Crippen molar-refractivity contribution in [2.45, 2.75) is 0 Å². The first kappa shape index (κ1) is 16.2. The SMILES string of the molecule is COc1cc(-c2ccc3nc(Nc4ncccn4)sc3c2)cnc1OC. The maximum absolute atomic E-state index is 5.34. The summed E-state index contributed by atoms with van der Waals surface area (Å²) >= 11 is 1.54. The van der Waals surface area contributed by atoms with E-state index in [1.807, 2.05) is 18.2 Å². The van der Waals surface area contributed by atoms with Crippen LogP contribution in [0.25, 0.3) is 21.3 Å². The van der Waals surface area contributed by atoms with E-state index in [2.05, 4.69) is 31.3 Å². The zero-order valence-corrected chi connectivity index (χ0v) is 14.9. The lowest BCUT2D eigenvalue weighted by Crippen LogP contribution is -1.94. The Kier molecular flexibility index (Phi) is 4.32. The number of benzene rings is 1. The molecule has 0 aliphatic heterocycles. The lowest BCUT2D eigenvalue weighted by Gasteiger charge is -2.08. The van der Waals surface area contributed by atoms with E-state index in [1.165, 1.54) is 11.3 Å². The summed E-state index contributed by atoms with van der Waals surface area (Å²) in [4.78, 5) is 17.2. The maximum atomic E-state index is 5.34. The molecule has 26 heavy (non-hydrogen) atoms. The lowest BCUT2D eigenvalue weighted by molar-refractivity contribution is 0.343. The van der Waals surface area contributed by atoms with Crippen molar-refractivity contribution in [1.82, 2.24) is 19.9 Å². The van der Waals surface area contributed by atoms with Gasteiger partial charge in [0, 0.05) is 24.2 Å². The number of fused-ring (bicyclic) bond motifs is 1. The standard InChI is InChI=1S/C18H15N5O2S/c1-24-14-8-12(10-21-16(14)25-2)11-4-5-13-15(9-11)26-18(22-13)23-17-19-6-3-7-20-17/h3-10H,1-2H3,(H,19,20,22,23). The van der Waals surface area contributed by atoms with Crippen LogP contribution in [0.2, 0.25) is 0 Å². The highest BCUT2D eigenvalue weighted by atomic mass is 32.1. The van der Waals surface area contributed by atoms with E-state index >= 15 is 0 Å². The molecule has 0 unspecified atom stereocenters. The van der Waals surface area contributed by atoms with Crippen molar-refractivity contribution in [3.8, 4) is 22.8 Å². The molecule has 0 atom stereocenters. The number of pyridine rings is 1. The van der Waals surface area contributed by atoms with Crippen LogP contribution in [0.5, 0.6) is 11.6 Å². The Morgan fingerprint density at radius 1 is 0.962 bits per heavy atom. The van der Waals surface area contributed by atoms with Gasteiger partial charge >= 0.3 is 0 Å². The number of hydrogen-bond acceptors (Lipinski definition) is 8. The number of thiazole rings is 1. The Balaban J connectivity index is 1.67. The second-order valence-corrected chi connectivity index (χ2v) is 6.37. The smallest absolute Gasteiger partial charge is 0.256 e. The Morgan fingerprint density at radius 2 is 1.81 bits per heavy atom. The van der Waals surface area contributed by atoms with E-state index in [9.17, 15) is 0 Å². The molecule has 1 N–H and O–H groups in total. The highest BCUT2D eigenvalue weighted by Crippen LogP contribution is 2.34. The van der Waals surface area contributed by atoms with E-state index in [-0.39, 0.29) is 0 Å². The zero-order chi connectivity index (χ0) is 17.9. The second kappa shape index (κ2) is 6.93. The van der Waals surface area contributed by atoms with Gasteiger partial charge in [-0.1, -0.05) is 17.4 Å². The highest BCUT2D eigenvalue weighted by Gasteiger charge is 2.10. The predicted octanol–water partition coefficient (Wildman–Crippen LogP) is 3.91. The summed E-state index contributed by atoms with van der Waals surface area (Å²) in [6.45, 7) is 0. The van der Waals surface area contributed by atoms with Gasteiger partial charge in [-0.25, -0.2) is 19.9 Å². The third-order valence-corrected chi connectivity index (χ3v) is 4.67. The van der Waals surface area contributed by atoms with Gasteiger partial charge in [-0.05, 0) is 29.8 Å². The minimum absolute atomic E-state index is 0.462. The average molecular weight is 365 g/mol. The molecule has 1 aromatic carbocycles. The van der Waals surface area contributed by atoms with Gasteiger partial charge in [0.2, 0.25) is 5.95 Å². The van der Waals surface area contributed by atoms with Crippen LogP contribution in [-0.4, -0.2) is 34.2 Å². The highest BCUT2D eigenvalue weighted by molar-refractivity contribution is 7.22. The number of methoxy groups -OCH3 is 2. The molecular weight excluding hydrogens is 350 g/mol. The van der Waals surface area contributed by atoms with Crippen molar-refractivity contribution in [3.63, 3.8) is 0 Å². The van der Waals surface area contributed by atoms with E-state index < -0.39 is 0 Å². The van der Waals surface area contributed by atoms with E-state index in [1.54, 1.807) is 38.9 Å². The largest absolute Gasteiger partial charge is 0.491 e. The van der Waals surface area contributed by atoms with E-state index in [0.29, 0.717) is 17.6 Å². The molecule has 0 saturated carbocycles. The van der Waals surface area contributed by atoms with Gasteiger partial charge in [0.1, 0.15) is 0 Å². The number of aromatic nitrogens is 4. The second-order valence-electron chi connectivity index (χ2n) is 5.33. The van der Waals surface area contributed by atoms with Crippen molar-refractivity contribution < 1.29 is 9.47 Å². The van der Waals surface area contributed by atoms with Crippen molar-refractivity contribution in [3.05, 3.63) is 48.9 Å². The fraction of sp³-hybridized carbons (Fsp3) is 0.111. The molecule has 3 aromatic heterocycles. The maximum Gasteiger partial charge on any atom is 0.256 e. The van der Waals surface area contributed by atoms with Crippen molar-refractivity contribution in [2.75, 3.05) is 19.5 Å². The first-order chi connectivity index (χ1) is 12.8. The van der Waals surface area contributed by atoms with Gasteiger partial charge in [-0.3, -0.25) is 0 Å².